The number of rotatable bonds is 6. The average molecular weight is 442 g/mol. The van der Waals surface area contributed by atoms with Crippen LogP contribution in [0.25, 0.3) is 0 Å². The van der Waals surface area contributed by atoms with Crippen LogP contribution in [0, 0.1) is 6.92 Å². The first-order valence-corrected chi connectivity index (χ1v) is 9.23. The number of alkyl halides is 3. The van der Waals surface area contributed by atoms with Crippen LogP contribution >= 0.6 is 0 Å². The van der Waals surface area contributed by atoms with Crippen molar-refractivity contribution in [3.63, 3.8) is 0 Å². The fourth-order valence-electron chi connectivity index (χ4n) is 2.84. The summed E-state index contributed by atoms with van der Waals surface area (Å²) < 4.78 is 38.7. The number of hydrogen-bond acceptors (Lipinski definition) is 4. The first-order valence-electron chi connectivity index (χ1n) is 9.23. The Balaban J connectivity index is 1.78. The molecule has 164 valence electrons. The lowest BCUT2D eigenvalue weighted by molar-refractivity contribution is -0.137. The summed E-state index contributed by atoms with van der Waals surface area (Å²) in [6.07, 6.45) is -1.30. The Labute approximate surface area is 180 Å². The van der Waals surface area contributed by atoms with Gasteiger partial charge in [0.15, 0.2) is 0 Å². The molecule has 2 aromatic carbocycles. The van der Waals surface area contributed by atoms with Crippen molar-refractivity contribution in [2.75, 3.05) is 16.0 Å². The number of amides is 3. The van der Waals surface area contributed by atoms with Gasteiger partial charge in [-0.25, -0.2) is 0 Å². The predicted molar refractivity (Wildman–Crippen MR) is 112 cm³/mol. The summed E-state index contributed by atoms with van der Waals surface area (Å²) >= 11 is 0. The summed E-state index contributed by atoms with van der Waals surface area (Å²) in [4.78, 5) is 39.6. The maximum absolute atomic E-state index is 12.9. The van der Waals surface area contributed by atoms with Crippen molar-refractivity contribution >= 4 is 35.3 Å². The molecule has 1 aromatic heterocycles. The molecule has 0 saturated carbocycles. The van der Waals surface area contributed by atoms with Crippen molar-refractivity contribution in [1.29, 1.82) is 0 Å². The summed E-state index contributed by atoms with van der Waals surface area (Å²) in [5.41, 5.74) is 0.690. The molecule has 3 N–H and O–H groups in total. The monoisotopic (exact) mass is 442 g/mol. The van der Waals surface area contributed by atoms with E-state index in [9.17, 15) is 27.6 Å². The highest BCUT2D eigenvalue weighted by molar-refractivity contribution is 6.08. The van der Waals surface area contributed by atoms with Gasteiger partial charge < -0.3 is 16.0 Å². The smallest absolute Gasteiger partial charge is 0.327 e. The van der Waals surface area contributed by atoms with Crippen LogP contribution in [0.15, 0.2) is 60.9 Å². The van der Waals surface area contributed by atoms with E-state index in [1.165, 1.54) is 36.7 Å². The predicted octanol–water partition coefficient (Wildman–Crippen LogP) is 4.48. The van der Waals surface area contributed by atoms with Crippen LogP contribution < -0.4 is 16.0 Å². The second-order valence-corrected chi connectivity index (χ2v) is 6.74. The van der Waals surface area contributed by atoms with Gasteiger partial charge >= 0.3 is 6.18 Å². The van der Waals surface area contributed by atoms with E-state index in [-0.39, 0.29) is 16.8 Å². The minimum atomic E-state index is -4.57. The molecule has 0 aliphatic carbocycles. The molecule has 0 atom stereocenters. The zero-order valence-corrected chi connectivity index (χ0v) is 16.7. The summed E-state index contributed by atoms with van der Waals surface area (Å²) in [6.45, 7) is 1.69. The van der Waals surface area contributed by atoms with Crippen LogP contribution in [0.4, 0.5) is 30.2 Å². The van der Waals surface area contributed by atoms with Crippen LogP contribution in [0.5, 0.6) is 0 Å². The maximum atomic E-state index is 12.9. The fourth-order valence-corrected chi connectivity index (χ4v) is 2.84. The van der Waals surface area contributed by atoms with Gasteiger partial charge in [0.25, 0.3) is 11.8 Å². The maximum Gasteiger partial charge on any atom is 0.416 e. The SMILES string of the molecule is Cc1ccc(NC(=O)c2cccc(C(F)(F)F)c2)cc1C(=O)Nc1cncc(NC=O)c1. The average Bonchev–Trinajstić information content (AvgIpc) is 2.75. The summed E-state index contributed by atoms with van der Waals surface area (Å²) in [5.74, 6) is -1.24. The Morgan fingerprint density at radius 1 is 0.906 bits per heavy atom. The fraction of sp³-hybridized carbons (Fsp3) is 0.0909. The second kappa shape index (κ2) is 9.29. The molecule has 3 rings (SSSR count). The van der Waals surface area contributed by atoms with Gasteiger partial charge in [0, 0.05) is 16.8 Å². The molecule has 3 aromatic rings. The Morgan fingerprint density at radius 3 is 2.34 bits per heavy atom. The molecule has 7 nitrogen and oxygen atoms in total. The molecule has 3 amide bonds. The minimum Gasteiger partial charge on any atom is -0.327 e. The van der Waals surface area contributed by atoms with E-state index < -0.39 is 23.6 Å². The lowest BCUT2D eigenvalue weighted by Gasteiger charge is -2.12. The number of carbonyl (C=O) groups excluding carboxylic acids is 3. The number of nitrogens with zero attached hydrogens (tertiary/aromatic N) is 1. The van der Waals surface area contributed by atoms with Gasteiger partial charge in [-0.2, -0.15) is 13.2 Å². The van der Waals surface area contributed by atoms with E-state index >= 15 is 0 Å². The Bertz CT molecular complexity index is 1180. The molecule has 0 spiro atoms. The molecule has 0 unspecified atom stereocenters. The quantitative estimate of drug-likeness (QED) is 0.490. The zero-order valence-electron chi connectivity index (χ0n) is 16.7. The number of hydrogen-bond donors (Lipinski definition) is 3. The summed E-state index contributed by atoms with van der Waals surface area (Å²) in [6, 6.07) is 10.1. The second-order valence-electron chi connectivity index (χ2n) is 6.74. The topological polar surface area (TPSA) is 100 Å². The number of nitrogens with one attached hydrogen (secondary N) is 3. The van der Waals surface area contributed by atoms with Gasteiger partial charge in [-0.1, -0.05) is 12.1 Å². The normalized spacial score (nSPS) is 10.9. The lowest BCUT2D eigenvalue weighted by Crippen LogP contribution is -2.16. The van der Waals surface area contributed by atoms with E-state index in [1.807, 2.05) is 0 Å². The number of halogens is 3. The van der Waals surface area contributed by atoms with Crippen molar-refractivity contribution in [3.8, 4) is 0 Å². The number of anilines is 3. The third-order valence-electron chi connectivity index (χ3n) is 4.41. The van der Waals surface area contributed by atoms with Crippen molar-refractivity contribution in [2.24, 2.45) is 0 Å². The van der Waals surface area contributed by atoms with Gasteiger partial charge in [0.05, 0.1) is 29.3 Å². The molecule has 0 bridgehead atoms. The van der Waals surface area contributed by atoms with Crippen LogP contribution in [-0.2, 0) is 11.0 Å². The number of aromatic nitrogens is 1. The lowest BCUT2D eigenvalue weighted by atomic mass is 10.1. The highest BCUT2D eigenvalue weighted by Gasteiger charge is 2.30. The van der Waals surface area contributed by atoms with E-state index in [2.05, 4.69) is 20.9 Å². The molecule has 0 saturated heterocycles. The number of benzene rings is 2. The van der Waals surface area contributed by atoms with Crippen LogP contribution in [0.1, 0.15) is 31.8 Å². The van der Waals surface area contributed by atoms with E-state index in [4.69, 9.17) is 0 Å². The van der Waals surface area contributed by atoms with Gasteiger partial charge in [-0.15, -0.1) is 0 Å². The van der Waals surface area contributed by atoms with Gasteiger partial charge in [-0.3, -0.25) is 19.4 Å². The minimum absolute atomic E-state index is 0.169. The molecular weight excluding hydrogens is 425 g/mol. The highest BCUT2D eigenvalue weighted by atomic mass is 19.4. The molecule has 10 heteroatoms. The third-order valence-corrected chi connectivity index (χ3v) is 4.41. The zero-order chi connectivity index (χ0) is 23.3. The Hall–Kier alpha value is -4.21. The van der Waals surface area contributed by atoms with E-state index in [0.717, 1.165) is 18.2 Å². The third kappa shape index (κ3) is 5.48. The van der Waals surface area contributed by atoms with Crippen molar-refractivity contribution < 1.29 is 27.6 Å². The summed E-state index contributed by atoms with van der Waals surface area (Å²) in [5, 5.41) is 7.56. The molecule has 0 radical (unpaired) electrons. The van der Waals surface area contributed by atoms with Crippen LogP contribution in [0.3, 0.4) is 0 Å². The Morgan fingerprint density at radius 2 is 1.62 bits per heavy atom. The number of carbonyl (C=O) groups is 3. The standard InChI is InChI=1S/C22H17F3N4O3/c1-13-5-6-16(28-20(31)14-3-2-4-15(7-14)22(23,24)25)9-19(13)21(32)29-18-8-17(27-12-30)10-26-11-18/h2-12H,1H3,(H,27,30)(H,28,31)(H,29,32). The van der Waals surface area contributed by atoms with Gasteiger partial charge in [0.2, 0.25) is 6.41 Å². The number of aryl methyl sites for hydroxylation is 1. The van der Waals surface area contributed by atoms with E-state index in [1.54, 1.807) is 13.0 Å². The molecule has 1 heterocycles. The van der Waals surface area contributed by atoms with Gasteiger partial charge in [-0.05, 0) is 48.9 Å². The first-order chi connectivity index (χ1) is 15.2. The highest BCUT2D eigenvalue weighted by Crippen LogP contribution is 2.29. The molecule has 0 fully saturated rings. The van der Waals surface area contributed by atoms with Gasteiger partial charge in [0.1, 0.15) is 0 Å². The first kappa shape index (κ1) is 22.5. The molecular formula is C22H17F3N4O3. The summed E-state index contributed by atoms with van der Waals surface area (Å²) in [7, 11) is 0. The van der Waals surface area contributed by atoms with Crippen LogP contribution in [-0.4, -0.2) is 23.2 Å². The largest absolute Gasteiger partial charge is 0.416 e. The van der Waals surface area contributed by atoms with Crippen molar-refractivity contribution in [2.45, 2.75) is 13.1 Å². The van der Waals surface area contributed by atoms with Crippen LogP contribution in [0.2, 0.25) is 0 Å². The van der Waals surface area contributed by atoms with Crippen molar-refractivity contribution in [3.05, 3.63) is 83.2 Å². The molecule has 0 aliphatic rings. The Kier molecular flexibility index (Phi) is 6.53. The van der Waals surface area contributed by atoms with Crippen molar-refractivity contribution in [1.82, 2.24) is 4.98 Å². The molecule has 0 aliphatic heterocycles. The van der Waals surface area contributed by atoms with E-state index in [0.29, 0.717) is 23.3 Å². The molecule has 32 heavy (non-hydrogen) atoms. The number of pyridine rings is 1.